The summed E-state index contributed by atoms with van der Waals surface area (Å²) in [7, 11) is -3.53. The SMILES string of the molecule is NS(=O)(=O)CC1CCCN(C(=O)c2cnc3ccccc3n2)C1. The van der Waals surface area contributed by atoms with Crippen LogP contribution in [-0.2, 0) is 10.0 Å². The van der Waals surface area contributed by atoms with Gasteiger partial charge < -0.3 is 4.90 Å². The van der Waals surface area contributed by atoms with Crippen LogP contribution in [0.5, 0.6) is 0 Å². The lowest BCUT2D eigenvalue weighted by Crippen LogP contribution is -2.42. The van der Waals surface area contributed by atoms with Gasteiger partial charge in [0.25, 0.3) is 5.91 Å². The Kier molecular flexibility index (Phi) is 4.27. The average Bonchev–Trinajstić information content (AvgIpc) is 2.52. The second-order valence-electron chi connectivity index (χ2n) is 5.83. The fourth-order valence-corrected chi connectivity index (χ4v) is 3.87. The van der Waals surface area contributed by atoms with Crippen molar-refractivity contribution in [3.8, 4) is 0 Å². The van der Waals surface area contributed by atoms with E-state index in [-0.39, 0.29) is 23.3 Å². The predicted molar refractivity (Wildman–Crippen MR) is 86.1 cm³/mol. The van der Waals surface area contributed by atoms with E-state index in [1.54, 1.807) is 11.0 Å². The van der Waals surface area contributed by atoms with Crippen molar-refractivity contribution in [2.24, 2.45) is 11.1 Å². The molecule has 0 bridgehead atoms. The Morgan fingerprint density at radius 3 is 2.78 bits per heavy atom. The molecule has 0 saturated carbocycles. The average molecular weight is 334 g/mol. The van der Waals surface area contributed by atoms with E-state index in [2.05, 4.69) is 9.97 Å². The zero-order valence-corrected chi connectivity index (χ0v) is 13.4. The molecule has 1 aromatic heterocycles. The minimum absolute atomic E-state index is 0.0970. The maximum atomic E-state index is 12.6. The minimum atomic E-state index is -3.53. The van der Waals surface area contributed by atoms with Gasteiger partial charge in [0.15, 0.2) is 0 Å². The molecule has 1 saturated heterocycles. The Morgan fingerprint density at radius 2 is 2.04 bits per heavy atom. The Labute approximate surface area is 134 Å². The number of hydrogen-bond acceptors (Lipinski definition) is 5. The second-order valence-corrected chi connectivity index (χ2v) is 7.49. The molecule has 7 nitrogen and oxygen atoms in total. The van der Waals surface area contributed by atoms with Crippen molar-refractivity contribution in [1.82, 2.24) is 14.9 Å². The van der Waals surface area contributed by atoms with Gasteiger partial charge in [0.1, 0.15) is 5.69 Å². The third kappa shape index (κ3) is 3.83. The molecule has 0 aliphatic carbocycles. The molecule has 2 heterocycles. The van der Waals surface area contributed by atoms with E-state index in [9.17, 15) is 13.2 Å². The zero-order chi connectivity index (χ0) is 16.4. The minimum Gasteiger partial charge on any atom is -0.337 e. The fourth-order valence-electron chi connectivity index (χ4n) is 2.94. The first kappa shape index (κ1) is 15.8. The second kappa shape index (κ2) is 6.21. The molecule has 8 heteroatoms. The lowest BCUT2D eigenvalue weighted by Gasteiger charge is -2.32. The summed E-state index contributed by atoms with van der Waals surface area (Å²) >= 11 is 0. The molecule has 0 radical (unpaired) electrons. The summed E-state index contributed by atoms with van der Waals surface area (Å²) in [5.74, 6) is -0.446. The molecule has 122 valence electrons. The Morgan fingerprint density at radius 1 is 1.30 bits per heavy atom. The Hall–Kier alpha value is -2.06. The highest BCUT2D eigenvalue weighted by Gasteiger charge is 2.27. The number of piperidine rings is 1. The first-order valence-corrected chi connectivity index (χ1v) is 9.15. The summed E-state index contributed by atoms with van der Waals surface area (Å²) in [5.41, 5.74) is 1.67. The maximum Gasteiger partial charge on any atom is 0.274 e. The van der Waals surface area contributed by atoms with Crippen molar-refractivity contribution < 1.29 is 13.2 Å². The molecular formula is C15H18N4O3S. The van der Waals surface area contributed by atoms with Crippen LogP contribution in [-0.4, -0.2) is 48.0 Å². The number of para-hydroxylation sites is 2. The van der Waals surface area contributed by atoms with Gasteiger partial charge in [0, 0.05) is 13.1 Å². The van der Waals surface area contributed by atoms with E-state index in [1.807, 2.05) is 18.2 Å². The van der Waals surface area contributed by atoms with Gasteiger partial charge in [-0.05, 0) is 30.9 Å². The van der Waals surface area contributed by atoms with Crippen molar-refractivity contribution in [1.29, 1.82) is 0 Å². The summed E-state index contributed by atoms with van der Waals surface area (Å²) in [6.07, 6.45) is 2.98. The van der Waals surface area contributed by atoms with Crippen LogP contribution in [0.3, 0.4) is 0 Å². The number of aromatic nitrogens is 2. The molecule has 1 unspecified atom stereocenters. The van der Waals surface area contributed by atoms with Crippen LogP contribution in [0.4, 0.5) is 0 Å². The molecule has 0 spiro atoms. The molecule has 1 fully saturated rings. The number of carbonyl (C=O) groups excluding carboxylic acids is 1. The number of carbonyl (C=O) groups is 1. The molecule has 1 aromatic carbocycles. The number of primary sulfonamides is 1. The van der Waals surface area contributed by atoms with Crippen LogP contribution in [0, 0.1) is 5.92 Å². The lowest BCUT2D eigenvalue weighted by molar-refractivity contribution is 0.0678. The summed E-state index contributed by atoms with van der Waals surface area (Å²) in [5, 5.41) is 5.11. The van der Waals surface area contributed by atoms with Crippen molar-refractivity contribution in [3.63, 3.8) is 0 Å². The molecule has 2 aromatic rings. The molecular weight excluding hydrogens is 316 g/mol. The number of nitrogens with two attached hydrogens (primary N) is 1. The fraction of sp³-hybridized carbons (Fsp3) is 0.400. The lowest BCUT2D eigenvalue weighted by atomic mass is 10.00. The van der Waals surface area contributed by atoms with Gasteiger partial charge in [-0.2, -0.15) is 0 Å². The van der Waals surface area contributed by atoms with Crippen molar-refractivity contribution >= 4 is 27.0 Å². The largest absolute Gasteiger partial charge is 0.337 e. The van der Waals surface area contributed by atoms with Gasteiger partial charge in [0.05, 0.1) is 23.0 Å². The summed E-state index contributed by atoms with van der Waals surface area (Å²) in [6.45, 7) is 0.970. The van der Waals surface area contributed by atoms with Crippen LogP contribution in [0.15, 0.2) is 30.5 Å². The zero-order valence-electron chi connectivity index (χ0n) is 12.6. The molecule has 1 atom stereocenters. The van der Waals surface area contributed by atoms with Gasteiger partial charge in [0.2, 0.25) is 10.0 Å². The number of hydrogen-bond donors (Lipinski definition) is 1. The van der Waals surface area contributed by atoms with Crippen LogP contribution < -0.4 is 5.14 Å². The third-order valence-electron chi connectivity index (χ3n) is 3.94. The Bertz CT molecular complexity index is 837. The molecule has 1 aliphatic heterocycles. The van der Waals surface area contributed by atoms with E-state index in [0.717, 1.165) is 18.4 Å². The van der Waals surface area contributed by atoms with Crippen LogP contribution >= 0.6 is 0 Å². The van der Waals surface area contributed by atoms with Gasteiger partial charge in [-0.25, -0.2) is 18.5 Å². The summed E-state index contributed by atoms with van der Waals surface area (Å²) < 4.78 is 22.5. The molecule has 3 rings (SSSR count). The van der Waals surface area contributed by atoms with Crippen molar-refractivity contribution in [3.05, 3.63) is 36.2 Å². The number of nitrogens with zero attached hydrogens (tertiary/aromatic N) is 3. The van der Waals surface area contributed by atoms with E-state index < -0.39 is 10.0 Å². The monoisotopic (exact) mass is 334 g/mol. The number of rotatable bonds is 3. The van der Waals surface area contributed by atoms with Crippen LogP contribution in [0.25, 0.3) is 11.0 Å². The smallest absolute Gasteiger partial charge is 0.274 e. The van der Waals surface area contributed by atoms with E-state index in [4.69, 9.17) is 5.14 Å². The van der Waals surface area contributed by atoms with Crippen LogP contribution in [0.2, 0.25) is 0 Å². The van der Waals surface area contributed by atoms with Crippen molar-refractivity contribution in [2.45, 2.75) is 12.8 Å². The first-order valence-electron chi connectivity index (χ1n) is 7.44. The van der Waals surface area contributed by atoms with Gasteiger partial charge in [-0.1, -0.05) is 12.1 Å². The topological polar surface area (TPSA) is 106 Å². The third-order valence-corrected chi connectivity index (χ3v) is 4.88. The molecule has 1 aliphatic rings. The number of sulfonamides is 1. The highest BCUT2D eigenvalue weighted by Crippen LogP contribution is 2.19. The highest BCUT2D eigenvalue weighted by molar-refractivity contribution is 7.89. The van der Waals surface area contributed by atoms with Gasteiger partial charge in [-0.3, -0.25) is 9.78 Å². The number of amides is 1. The van der Waals surface area contributed by atoms with E-state index in [0.29, 0.717) is 18.6 Å². The van der Waals surface area contributed by atoms with Crippen molar-refractivity contribution in [2.75, 3.05) is 18.8 Å². The highest BCUT2D eigenvalue weighted by atomic mass is 32.2. The molecule has 23 heavy (non-hydrogen) atoms. The van der Waals surface area contributed by atoms with E-state index >= 15 is 0 Å². The number of fused-ring (bicyclic) bond motifs is 1. The number of benzene rings is 1. The van der Waals surface area contributed by atoms with Crippen LogP contribution in [0.1, 0.15) is 23.3 Å². The first-order chi connectivity index (χ1) is 10.9. The molecule has 2 N–H and O–H groups in total. The normalized spacial score (nSPS) is 19.0. The quantitative estimate of drug-likeness (QED) is 0.892. The summed E-state index contributed by atoms with van der Waals surface area (Å²) in [6, 6.07) is 7.34. The molecule has 1 amide bonds. The van der Waals surface area contributed by atoms with Gasteiger partial charge >= 0.3 is 0 Å². The predicted octanol–water partition coefficient (Wildman–Crippen LogP) is 0.771. The summed E-state index contributed by atoms with van der Waals surface area (Å²) in [4.78, 5) is 22.8. The maximum absolute atomic E-state index is 12.6. The van der Waals surface area contributed by atoms with E-state index in [1.165, 1.54) is 6.20 Å². The number of likely N-dealkylation sites (tertiary alicyclic amines) is 1. The Balaban J connectivity index is 1.78. The van der Waals surface area contributed by atoms with Gasteiger partial charge in [-0.15, -0.1) is 0 Å². The standard InChI is InChI=1S/C15H18N4O3S/c16-23(21,22)10-11-4-3-7-19(9-11)15(20)14-8-17-12-5-1-2-6-13(12)18-14/h1-2,5-6,8,11H,3-4,7,9-10H2,(H2,16,21,22).